The van der Waals surface area contributed by atoms with E-state index in [1.807, 2.05) is 6.07 Å². The van der Waals surface area contributed by atoms with Crippen LogP contribution in [0.4, 0.5) is 0 Å². The summed E-state index contributed by atoms with van der Waals surface area (Å²) < 4.78 is 5.23. The molecule has 2 atom stereocenters. The van der Waals surface area contributed by atoms with Gasteiger partial charge in [0.2, 0.25) is 5.88 Å². The third-order valence-corrected chi connectivity index (χ3v) is 3.60. The van der Waals surface area contributed by atoms with E-state index in [9.17, 15) is 0 Å². The normalized spacial score (nSPS) is 23.9. The summed E-state index contributed by atoms with van der Waals surface area (Å²) in [7, 11) is 1.67. The number of nitrogens with zero attached hydrogens (tertiary/aromatic N) is 1. The van der Waals surface area contributed by atoms with Crippen LogP contribution < -0.4 is 10.1 Å². The summed E-state index contributed by atoms with van der Waals surface area (Å²) >= 11 is 0. The van der Waals surface area contributed by atoms with Crippen molar-refractivity contribution in [1.82, 2.24) is 10.3 Å². The Hall–Kier alpha value is -1.09. The standard InChI is InChI=1S/C14H22N2O/c1-11-5-6-12(8-11)9-15-10-13-4-3-7-16-14(13)17-2/h3-4,7,11-12,15H,5-6,8-10H2,1-2H3. The molecule has 94 valence electrons. The fraction of sp³-hybridized carbons (Fsp3) is 0.643. The van der Waals surface area contributed by atoms with Crippen molar-refractivity contribution in [2.45, 2.75) is 32.7 Å². The molecule has 1 aliphatic rings. The monoisotopic (exact) mass is 234 g/mol. The van der Waals surface area contributed by atoms with Crippen LogP contribution in [0.25, 0.3) is 0 Å². The summed E-state index contributed by atoms with van der Waals surface area (Å²) in [5, 5.41) is 3.52. The summed E-state index contributed by atoms with van der Waals surface area (Å²) in [4.78, 5) is 4.20. The van der Waals surface area contributed by atoms with Crippen LogP contribution in [0.2, 0.25) is 0 Å². The van der Waals surface area contributed by atoms with E-state index in [4.69, 9.17) is 4.74 Å². The third-order valence-electron chi connectivity index (χ3n) is 3.60. The van der Waals surface area contributed by atoms with E-state index in [0.717, 1.165) is 36.4 Å². The lowest BCUT2D eigenvalue weighted by Gasteiger charge is -2.12. The Bertz CT molecular complexity index is 354. The molecule has 17 heavy (non-hydrogen) atoms. The molecule has 1 aromatic rings. The molecule has 1 fully saturated rings. The lowest BCUT2D eigenvalue weighted by molar-refractivity contribution is 0.388. The second kappa shape index (κ2) is 6.01. The van der Waals surface area contributed by atoms with Crippen LogP contribution in [-0.2, 0) is 6.54 Å². The molecule has 0 aromatic carbocycles. The molecule has 1 N–H and O–H groups in total. The van der Waals surface area contributed by atoms with E-state index < -0.39 is 0 Å². The Morgan fingerprint density at radius 2 is 2.35 bits per heavy atom. The largest absolute Gasteiger partial charge is 0.481 e. The number of ether oxygens (including phenoxy) is 1. The van der Waals surface area contributed by atoms with E-state index in [1.165, 1.54) is 19.3 Å². The van der Waals surface area contributed by atoms with Gasteiger partial charge in [-0.3, -0.25) is 0 Å². The van der Waals surface area contributed by atoms with Crippen LogP contribution >= 0.6 is 0 Å². The first-order valence-electron chi connectivity index (χ1n) is 6.48. The SMILES string of the molecule is COc1ncccc1CNCC1CCC(C)C1. The molecule has 1 aliphatic carbocycles. The molecule has 1 heterocycles. The minimum absolute atomic E-state index is 0.736. The van der Waals surface area contributed by atoms with Gasteiger partial charge in [0.15, 0.2) is 0 Å². The maximum Gasteiger partial charge on any atom is 0.217 e. The Labute approximate surface area is 104 Å². The molecule has 1 saturated carbocycles. The van der Waals surface area contributed by atoms with Crippen molar-refractivity contribution in [3.8, 4) is 5.88 Å². The number of rotatable bonds is 5. The first-order valence-corrected chi connectivity index (χ1v) is 6.48. The molecule has 0 bridgehead atoms. The van der Waals surface area contributed by atoms with Gasteiger partial charge >= 0.3 is 0 Å². The lowest BCUT2D eigenvalue weighted by Crippen LogP contribution is -2.21. The molecule has 2 rings (SSSR count). The predicted octanol–water partition coefficient (Wildman–Crippen LogP) is 2.62. The van der Waals surface area contributed by atoms with Gasteiger partial charge in [-0.05, 0) is 37.3 Å². The highest BCUT2D eigenvalue weighted by atomic mass is 16.5. The summed E-state index contributed by atoms with van der Waals surface area (Å²) in [5.74, 6) is 2.50. The van der Waals surface area contributed by atoms with Crippen molar-refractivity contribution in [1.29, 1.82) is 0 Å². The number of pyridine rings is 1. The average Bonchev–Trinajstić information content (AvgIpc) is 2.76. The highest BCUT2D eigenvalue weighted by Crippen LogP contribution is 2.29. The van der Waals surface area contributed by atoms with Crippen LogP contribution in [0.1, 0.15) is 31.7 Å². The van der Waals surface area contributed by atoms with E-state index in [-0.39, 0.29) is 0 Å². The molecular formula is C14H22N2O. The van der Waals surface area contributed by atoms with Gasteiger partial charge in [0.1, 0.15) is 0 Å². The highest BCUT2D eigenvalue weighted by Gasteiger charge is 2.20. The quantitative estimate of drug-likeness (QED) is 0.850. The number of hydrogen-bond donors (Lipinski definition) is 1. The molecule has 0 aliphatic heterocycles. The zero-order chi connectivity index (χ0) is 12.1. The molecule has 1 aromatic heterocycles. The molecule has 3 nitrogen and oxygen atoms in total. The van der Waals surface area contributed by atoms with Gasteiger partial charge in [0.25, 0.3) is 0 Å². The average molecular weight is 234 g/mol. The topological polar surface area (TPSA) is 34.1 Å². The smallest absolute Gasteiger partial charge is 0.217 e. The summed E-state index contributed by atoms with van der Waals surface area (Å²) in [6.45, 7) is 4.31. The Morgan fingerprint density at radius 1 is 1.47 bits per heavy atom. The highest BCUT2D eigenvalue weighted by molar-refractivity contribution is 5.24. The van der Waals surface area contributed by atoms with Crippen LogP contribution in [0, 0.1) is 11.8 Å². The molecule has 0 saturated heterocycles. The minimum atomic E-state index is 0.736. The lowest BCUT2D eigenvalue weighted by atomic mass is 10.1. The van der Waals surface area contributed by atoms with Crippen molar-refractivity contribution in [2.24, 2.45) is 11.8 Å². The van der Waals surface area contributed by atoms with E-state index in [2.05, 4.69) is 23.3 Å². The van der Waals surface area contributed by atoms with E-state index >= 15 is 0 Å². The third kappa shape index (κ3) is 3.43. The second-order valence-electron chi connectivity index (χ2n) is 5.09. The van der Waals surface area contributed by atoms with Crippen molar-refractivity contribution < 1.29 is 4.74 Å². The second-order valence-corrected chi connectivity index (χ2v) is 5.09. The number of hydrogen-bond acceptors (Lipinski definition) is 3. The van der Waals surface area contributed by atoms with Gasteiger partial charge in [0.05, 0.1) is 7.11 Å². The van der Waals surface area contributed by atoms with Gasteiger partial charge in [0, 0.05) is 18.3 Å². The fourth-order valence-corrected chi connectivity index (χ4v) is 2.66. The van der Waals surface area contributed by atoms with Crippen molar-refractivity contribution >= 4 is 0 Å². The van der Waals surface area contributed by atoms with Crippen LogP contribution in [0.15, 0.2) is 18.3 Å². The van der Waals surface area contributed by atoms with Gasteiger partial charge in [-0.1, -0.05) is 19.4 Å². The van der Waals surface area contributed by atoms with Crippen LogP contribution in [-0.4, -0.2) is 18.6 Å². The fourth-order valence-electron chi connectivity index (χ4n) is 2.66. The van der Waals surface area contributed by atoms with E-state index in [0.29, 0.717) is 0 Å². The van der Waals surface area contributed by atoms with E-state index in [1.54, 1.807) is 13.3 Å². The van der Waals surface area contributed by atoms with Crippen molar-refractivity contribution in [3.05, 3.63) is 23.9 Å². The van der Waals surface area contributed by atoms with Gasteiger partial charge in [-0.15, -0.1) is 0 Å². The number of methoxy groups -OCH3 is 1. The Balaban J connectivity index is 1.78. The molecule has 0 radical (unpaired) electrons. The number of nitrogens with one attached hydrogen (secondary N) is 1. The zero-order valence-corrected chi connectivity index (χ0v) is 10.8. The molecule has 3 heteroatoms. The molecule has 0 spiro atoms. The van der Waals surface area contributed by atoms with Crippen LogP contribution in [0.5, 0.6) is 5.88 Å². The maximum atomic E-state index is 5.23. The van der Waals surface area contributed by atoms with Crippen LogP contribution in [0.3, 0.4) is 0 Å². The minimum Gasteiger partial charge on any atom is -0.481 e. The van der Waals surface area contributed by atoms with Crippen molar-refractivity contribution in [3.63, 3.8) is 0 Å². The van der Waals surface area contributed by atoms with Gasteiger partial charge in [-0.2, -0.15) is 0 Å². The predicted molar refractivity (Wildman–Crippen MR) is 69.0 cm³/mol. The summed E-state index contributed by atoms with van der Waals surface area (Å²) in [5.41, 5.74) is 1.14. The molecular weight excluding hydrogens is 212 g/mol. The van der Waals surface area contributed by atoms with Gasteiger partial charge in [-0.25, -0.2) is 4.98 Å². The first kappa shape index (κ1) is 12.4. The maximum absolute atomic E-state index is 5.23. The molecule has 2 unspecified atom stereocenters. The Morgan fingerprint density at radius 3 is 3.06 bits per heavy atom. The first-order chi connectivity index (χ1) is 8.29. The van der Waals surface area contributed by atoms with Crippen molar-refractivity contribution in [2.75, 3.05) is 13.7 Å². The summed E-state index contributed by atoms with van der Waals surface area (Å²) in [6.07, 6.45) is 5.90. The van der Waals surface area contributed by atoms with Gasteiger partial charge < -0.3 is 10.1 Å². The zero-order valence-electron chi connectivity index (χ0n) is 10.8. The summed E-state index contributed by atoms with van der Waals surface area (Å²) in [6, 6.07) is 4.02. The Kier molecular flexibility index (Phi) is 4.37. The number of aromatic nitrogens is 1. The molecule has 0 amide bonds.